The van der Waals surface area contributed by atoms with Crippen molar-refractivity contribution in [3.05, 3.63) is 75.5 Å². The summed E-state index contributed by atoms with van der Waals surface area (Å²) in [5.41, 5.74) is 1.77. The Kier molecular flexibility index (Phi) is 3.58. The largest absolute Gasteiger partial charge is 0.737 e. The maximum Gasteiger partial charge on any atom is 0.737 e. The van der Waals surface area contributed by atoms with Gasteiger partial charge in [0, 0.05) is 29.8 Å². The van der Waals surface area contributed by atoms with Crippen molar-refractivity contribution in [1.82, 2.24) is 4.48 Å². The normalized spacial score (nSPS) is 18.0. The molecule has 4 rings (SSSR count). The van der Waals surface area contributed by atoms with Crippen molar-refractivity contribution in [2.75, 3.05) is 0 Å². The van der Waals surface area contributed by atoms with E-state index < -0.39 is 24.4 Å². The van der Waals surface area contributed by atoms with Crippen LogP contribution in [0.1, 0.15) is 36.4 Å². The highest BCUT2D eigenvalue weighted by atomic mass is 19.2. The van der Waals surface area contributed by atoms with Crippen LogP contribution >= 0.6 is 0 Å². The molecule has 0 bridgehead atoms. The molecule has 27 heavy (non-hydrogen) atoms. The SMILES string of the molecule is CC1=CC(C)=[N+]2C1=C(c1ccc(F)c(F)c1F)c1c(C)cc(C)n1[B-]2(F)F. The van der Waals surface area contributed by atoms with Crippen molar-refractivity contribution >= 4 is 18.3 Å². The first kappa shape index (κ1) is 17.8. The van der Waals surface area contributed by atoms with Crippen molar-refractivity contribution in [2.45, 2.75) is 27.7 Å². The molecule has 0 unspecified atom stereocenters. The molecule has 8 heteroatoms. The van der Waals surface area contributed by atoms with E-state index in [2.05, 4.69) is 0 Å². The molecule has 2 aliphatic rings. The molecular weight excluding hydrogens is 362 g/mol. The van der Waals surface area contributed by atoms with Crippen LogP contribution in [-0.4, -0.2) is 21.6 Å². The molecule has 0 fully saturated rings. The van der Waals surface area contributed by atoms with E-state index in [0.29, 0.717) is 22.5 Å². The first-order valence-electron chi connectivity index (χ1n) is 8.48. The number of aryl methyl sites for hydroxylation is 2. The molecule has 2 nitrogen and oxygen atoms in total. The number of allylic oxidation sites excluding steroid dienone is 2. The number of halogens is 5. The minimum atomic E-state index is -4.21. The van der Waals surface area contributed by atoms with E-state index in [1.54, 1.807) is 39.8 Å². The minimum Gasteiger partial charge on any atom is -0.393 e. The number of hydrogen-bond acceptors (Lipinski definition) is 0. The first-order valence-corrected chi connectivity index (χ1v) is 8.48. The van der Waals surface area contributed by atoms with Gasteiger partial charge in [0.25, 0.3) is 0 Å². The molecule has 0 spiro atoms. The number of fused-ring (bicyclic) bond motifs is 2. The van der Waals surface area contributed by atoms with Crippen LogP contribution in [0.25, 0.3) is 5.57 Å². The summed E-state index contributed by atoms with van der Waals surface area (Å²) in [6.45, 7) is 2.16. The van der Waals surface area contributed by atoms with Gasteiger partial charge in [0.05, 0.1) is 5.57 Å². The second-order valence-electron chi connectivity index (χ2n) is 7.06. The van der Waals surface area contributed by atoms with Gasteiger partial charge >= 0.3 is 6.97 Å². The standard InChI is InChI=1S/C19H16BF5N2/c1-9-7-11(3)26-18(9)15(13-5-6-14(21)17(23)16(13)22)19-10(2)8-12(4)27(19)20(26,24)25/h5-8H,1-4H3. The Labute approximate surface area is 153 Å². The van der Waals surface area contributed by atoms with Crippen LogP contribution in [0.5, 0.6) is 0 Å². The molecule has 0 saturated heterocycles. The molecule has 0 radical (unpaired) electrons. The van der Waals surface area contributed by atoms with Crippen LogP contribution in [-0.2, 0) is 0 Å². The average Bonchev–Trinajstić information content (AvgIpc) is 3.04. The van der Waals surface area contributed by atoms with E-state index in [1.165, 1.54) is 0 Å². The fourth-order valence-corrected chi connectivity index (χ4v) is 4.27. The highest BCUT2D eigenvalue weighted by Gasteiger charge is 2.55. The smallest absolute Gasteiger partial charge is 0.393 e. The Morgan fingerprint density at radius 3 is 2.30 bits per heavy atom. The summed E-state index contributed by atoms with van der Waals surface area (Å²) in [4.78, 5) is 0. The molecule has 3 heterocycles. The number of nitrogens with zero attached hydrogens (tertiary/aromatic N) is 2. The van der Waals surface area contributed by atoms with Gasteiger partial charge in [-0.3, -0.25) is 0 Å². The third-order valence-corrected chi connectivity index (χ3v) is 5.24. The van der Waals surface area contributed by atoms with Crippen LogP contribution in [0.3, 0.4) is 0 Å². The van der Waals surface area contributed by atoms with Crippen molar-refractivity contribution in [2.24, 2.45) is 0 Å². The second kappa shape index (κ2) is 5.44. The molecular formula is C19H16BF5N2. The second-order valence-corrected chi connectivity index (χ2v) is 7.06. The van der Waals surface area contributed by atoms with E-state index in [9.17, 15) is 13.2 Å². The quantitative estimate of drug-likeness (QED) is 0.377. The van der Waals surface area contributed by atoms with Gasteiger partial charge in [-0.1, -0.05) is 0 Å². The minimum absolute atomic E-state index is 0.121. The zero-order chi connectivity index (χ0) is 19.8. The lowest BCUT2D eigenvalue weighted by Gasteiger charge is -2.34. The lowest BCUT2D eigenvalue weighted by atomic mass is 9.83. The molecule has 2 aliphatic heterocycles. The highest BCUT2D eigenvalue weighted by Crippen LogP contribution is 2.44. The van der Waals surface area contributed by atoms with Crippen LogP contribution in [0.2, 0.25) is 0 Å². The highest BCUT2D eigenvalue weighted by molar-refractivity contribution is 6.58. The third kappa shape index (κ3) is 2.15. The summed E-state index contributed by atoms with van der Waals surface area (Å²) in [6, 6.07) is 3.49. The van der Waals surface area contributed by atoms with Crippen LogP contribution < -0.4 is 0 Å². The van der Waals surface area contributed by atoms with Gasteiger partial charge < -0.3 is 17.6 Å². The molecule has 1 aromatic heterocycles. The lowest BCUT2D eigenvalue weighted by Crippen LogP contribution is -2.51. The summed E-state index contributed by atoms with van der Waals surface area (Å²) >= 11 is 0. The fraction of sp³-hybridized carbons (Fsp3) is 0.211. The lowest BCUT2D eigenvalue weighted by molar-refractivity contribution is -0.363. The topological polar surface area (TPSA) is 7.94 Å². The van der Waals surface area contributed by atoms with Gasteiger partial charge in [0.1, 0.15) is 5.71 Å². The van der Waals surface area contributed by atoms with Gasteiger partial charge in [0.15, 0.2) is 23.1 Å². The average molecular weight is 378 g/mol. The fourth-order valence-electron chi connectivity index (χ4n) is 4.27. The van der Waals surface area contributed by atoms with Gasteiger partial charge in [-0.15, -0.1) is 0 Å². The van der Waals surface area contributed by atoms with Crippen LogP contribution in [0, 0.1) is 31.3 Å². The molecule has 0 N–H and O–H groups in total. The Morgan fingerprint density at radius 2 is 1.63 bits per heavy atom. The zero-order valence-electron chi connectivity index (χ0n) is 15.2. The number of aromatic nitrogens is 1. The Hall–Kier alpha value is -2.64. The predicted octanol–water partition coefficient (Wildman–Crippen LogP) is 4.95. The summed E-state index contributed by atoms with van der Waals surface area (Å²) in [6.07, 6.45) is 1.58. The van der Waals surface area contributed by atoms with E-state index in [1.807, 2.05) is 0 Å². The molecule has 0 saturated carbocycles. The number of rotatable bonds is 1. The summed E-state index contributed by atoms with van der Waals surface area (Å²) in [7, 11) is 0. The van der Waals surface area contributed by atoms with Gasteiger partial charge in [-0.05, 0) is 50.2 Å². The molecule has 0 atom stereocenters. The Morgan fingerprint density at radius 1 is 0.963 bits per heavy atom. The van der Waals surface area contributed by atoms with Crippen molar-refractivity contribution in [3.63, 3.8) is 0 Å². The van der Waals surface area contributed by atoms with Gasteiger partial charge in [-0.2, -0.15) is 0 Å². The van der Waals surface area contributed by atoms with E-state index >= 15 is 8.63 Å². The maximum atomic E-state index is 15.4. The van der Waals surface area contributed by atoms with Gasteiger partial charge in [-0.25, -0.2) is 13.2 Å². The van der Waals surface area contributed by atoms with Gasteiger partial charge in [0.2, 0.25) is 0 Å². The summed E-state index contributed by atoms with van der Waals surface area (Å²) in [5.74, 6) is -4.34. The van der Waals surface area contributed by atoms with Crippen molar-refractivity contribution < 1.29 is 26.3 Å². The predicted molar refractivity (Wildman–Crippen MR) is 94.3 cm³/mol. The molecule has 1 aromatic carbocycles. The van der Waals surface area contributed by atoms with Crippen molar-refractivity contribution in [1.29, 1.82) is 0 Å². The third-order valence-electron chi connectivity index (χ3n) is 5.24. The van der Waals surface area contributed by atoms with Crippen molar-refractivity contribution in [3.8, 4) is 0 Å². The van der Waals surface area contributed by atoms with Crippen LogP contribution in [0.4, 0.5) is 21.8 Å². The Bertz CT molecular complexity index is 1120. The molecule has 140 valence electrons. The summed E-state index contributed by atoms with van der Waals surface area (Å²) in [5, 5.41) is 0. The maximum absolute atomic E-state index is 15.4. The summed E-state index contributed by atoms with van der Waals surface area (Å²) < 4.78 is 74.7. The van der Waals surface area contributed by atoms with E-state index in [4.69, 9.17) is 0 Å². The molecule has 2 aromatic rings. The van der Waals surface area contributed by atoms with Crippen LogP contribution in [0.15, 0.2) is 35.5 Å². The Balaban J connectivity index is 2.21. The number of hydrogen-bond donors (Lipinski definition) is 0. The van der Waals surface area contributed by atoms with E-state index in [0.717, 1.165) is 21.1 Å². The zero-order valence-corrected chi connectivity index (χ0v) is 15.2. The molecule has 0 aliphatic carbocycles. The van der Waals surface area contributed by atoms with E-state index in [-0.39, 0.29) is 22.5 Å². The molecule has 0 amide bonds. The first-order chi connectivity index (χ1) is 12.6. The monoisotopic (exact) mass is 378 g/mol. The number of benzene rings is 1.